The standard InChI is InChI=1S/C14H17NO5/c1-14(2,19-3)13(18)15-7-8-20-11-9(12(16)17)5-4-6-10(11)15/h4-6H,7-8H2,1-3H3,(H,16,17). The molecule has 20 heavy (non-hydrogen) atoms. The summed E-state index contributed by atoms with van der Waals surface area (Å²) in [5.74, 6) is -1.08. The third-order valence-electron chi connectivity index (χ3n) is 3.35. The molecule has 6 heteroatoms. The quantitative estimate of drug-likeness (QED) is 0.908. The lowest BCUT2D eigenvalue weighted by Gasteiger charge is -2.35. The lowest BCUT2D eigenvalue weighted by atomic mass is 10.1. The molecule has 0 aliphatic carbocycles. The van der Waals surface area contributed by atoms with Crippen LogP contribution in [0.25, 0.3) is 0 Å². The van der Waals surface area contributed by atoms with Crippen LogP contribution in [0, 0.1) is 0 Å². The van der Waals surface area contributed by atoms with E-state index in [0.29, 0.717) is 12.2 Å². The molecule has 0 bridgehead atoms. The molecule has 0 radical (unpaired) electrons. The second-order valence-electron chi connectivity index (χ2n) is 4.98. The van der Waals surface area contributed by atoms with Crippen molar-refractivity contribution in [1.29, 1.82) is 0 Å². The van der Waals surface area contributed by atoms with E-state index < -0.39 is 11.6 Å². The third-order valence-corrected chi connectivity index (χ3v) is 3.35. The van der Waals surface area contributed by atoms with Crippen LogP contribution in [0.2, 0.25) is 0 Å². The number of para-hydroxylation sites is 1. The maximum Gasteiger partial charge on any atom is 0.339 e. The van der Waals surface area contributed by atoms with E-state index in [-0.39, 0.29) is 23.8 Å². The Kier molecular flexibility index (Phi) is 3.67. The summed E-state index contributed by atoms with van der Waals surface area (Å²) in [5.41, 5.74) is -0.463. The van der Waals surface area contributed by atoms with Gasteiger partial charge in [-0.1, -0.05) is 6.07 Å². The van der Waals surface area contributed by atoms with E-state index >= 15 is 0 Å². The minimum Gasteiger partial charge on any atom is -0.489 e. The fraction of sp³-hybridized carbons (Fsp3) is 0.429. The van der Waals surface area contributed by atoms with Crippen molar-refractivity contribution in [2.75, 3.05) is 25.2 Å². The second kappa shape index (κ2) is 5.13. The van der Waals surface area contributed by atoms with Crippen molar-refractivity contribution in [2.24, 2.45) is 0 Å². The topological polar surface area (TPSA) is 76.1 Å². The van der Waals surface area contributed by atoms with Crippen LogP contribution in [0.1, 0.15) is 24.2 Å². The van der Waals surface area contributed by atoms with E-state index in [4.69, 9.17) is 14.6 Å². The Morgan fingerprint density at radius 3 is 2.70 bits per heavy atom. The maximum absolute atomic E-state index is 12.5. The number of methoxy groups -OCH3 is 1. The number of ether oxygens (including phenoxy) is 2. The van der Waals surface area contributed by atoms with E-state index in [9.17, 15) is 9.59 Å². The van der Waals surface area contributed by atoms with Gasteiger partial charge in [0.15, 0.2) is 5.75 Å². The molecule has 1 aliphatic heterocycles. The van der Waals surface area contributed by atoms with Gasteiger partial charge in [0.25, 0.3) is 5.91 Å². The number of carboxylic acids is 1. The predicted octanol–water partition coefficient (Wildman–Crippen LogP) is 1.54. The SMILES string of the molecule is COC(C)(C)C(=O)N1CCOc2c(C(=O)O)cccc21. The van der Waals surface area contributed by atoms with Gasteiger partial charge < -0.3 is 19.5 Å². The molecule has 1 amide bonds. The number of carbonyl (C=O) groups is 2. The predicted molar refractivity (Wildman–Crippen MR) is 72.3 cm³/mol. The van der Waals surface area contributed by atoms with Gasteiger partial charge in [0, 0.05) is 7.11 Å². The van der Waals surface area contributed by atoms with Gasteiger partial charge in [-0.05, 0) is 26.0 Å². The van der Waals surface area contributed by atoms with E-state index in [1.165, 1.54) is 18.1 Å². The number of hydrogen-bond acceptors (Lipinski definition) is 4. The summed E-state index contributed by atoms with van der Waals surface area (Å²) in [6.45, 7) is 3.96. The Labute approximate surface area is 116 Å². The van der Waals surface area contributed by atoms with Crippen LogP contribution in [0.5, 0.6) is 5.75 Å². The second-order valence-corrected chi connectivity index (χ2v) is 4.98. The van der Waals surface area contributed by atoms with Crippen LogP contribution in [-0.2, 0) is 9.53 Å². The number of hydrogen-bond donors (Lipinski definition) is 1. The first kappa shape index (κ1) is 14.3. The van der Waals surface area contributed by atoms with Crippen LogP contribution >= 0.6 is 0 Å². The summed E-state index contributed by atoms with van der Waals surface area (Å²) in [5, 5.41) is 9.16. The van der Waals surface area contributed by atoms with E-state index in [1.807, 2.05) is 0 Å². The molecule has 0 spiro atoms. The highest BCUT2D eigenvalue weighted by molar-refractivity contribution is 6.03. The Morgan fingerprint density at radius 1 is 1.40 bits per heavy atom. The minimum atomic E-state index is -1.08. The van der Waals surface area contributed by atoms with Crippen LogP contribution in [0.3, 0.4) is 0 Å². The zero-order valence-electron chi connectivity index (χ0n) is 11.7. The normalized spacial score (nSPS) is 14.4. The Morgan fingerprint density at radius 2 is 2.10 bits per heavy atom. The number of anilines is 1. The molecule has 1 aromatic carbocycles. The maximum atomic E-state index is 12.5. The molecule has 0 aromatic heterocycles. The summed E-state index contributed by atoms with van der Waals surface area (Å²) in [6, 6.07) is 4.72. The Hall–Kier alpha value is -2.08. The van der Waals surface area contributed by atoms with Crippen molar-refractivity contribution in [3.63, 3.8) is 0 Å². The zero-order chi connectivity index (χ0) is 14.9. The van der Waals surface area contributed by atoms with Gasteiger partial charge in [-0.25, -0.2) is 4.79 Å². The van der Waals surface area contributed by atoms with Gasteiger partial charge in [-0.2, -0.15) is 0 Å². The first-order valence-electron chi connectivity index (χ1n) is 6.24. The molecule has 1 aromatic rings. The van der Waals surface area contributed by atoms with E-state index in [2.05, 4.69) is 0 Å². The molecule has 1 aliphatic rings. The number of carboxylic acid groups (broad SMARTS) is 1. The van der Waals surface area contributed by atoms with Crippen LogP contribution in [0.4, 0.5) is 5.69 Å². The first-order chi connectivity index (χ1) is 9.38. The molecule has 1 N–H and O–H groups in total. The molecule has 0 atom stereocenters. The number of benzene rings is 1. The molecule has 0 fully saturated rings. The van der Waals surface area contributed by atoms with Crippen LogP contribution in [-0.4, -0.2) is 42.8 Å². The molecule has 6 nitrogen and oxygen atoms in total. The number of nitrogens with zero attached hydrogens (tertiary/aromatic N) is 1. The monoisotopic (exact) mass is 279 g/mol. The van der Waals surface area contributed by atoms with Crippen molar-refractivity contribution >= 4 is 17.6 Å². The molecule has 1 heterocycles. The van der Waals surface area contributed by atoms with Gasteiger partial charge in [-0.15, -0.1) is 0 Å². The minimum absolute atomic E-state index is 0.0511. The molecule has 0 unspecified atom stereocenters. The third kappa shape index (κ3) is 2.34. The number of carbonyl (C=O) groups excluding carboxylic acids is 1. The number of amides is 1. The van der Waals surface area contributed by atoms with Crippen molar-refractivity contribution in [1.82, 2.24) is 0 Å². The molecular weight excluding hydrogens is 262 g/mol. The Bertz CT molecular complexity index is 552. The van der Waals surface area contributed by atoms with Crippen molar-refractivity contribution in [2.45, 2.75) is 19.4 Å². The van der Waals surface area contributed by atoms with Gasteiger partial charge >= 0.3 is 5.97 Å². The molecule has 2 rings (SSSR count). The summed E-state index contributed by atoms with van der Waals surface area (Å²) >= 11 is 0. The number of rotatable bonds is 3. The average molecular weight is 279 g/mol. The molecular formula is C14H17NO5. The van der Waals surface area contributed by atoms with Crippen molar-refractivity contribution < 1.29 is 24.2 Å². The Balaban J connectivity index is 2.46. The summed E-state index contributed by atoms with van der Waals surface area (Å²) in [4.78, 5) is 25.2. The van der Waals surface area contributed by atoms with Gasteiger partial charge in [0.05, 0.1) is 12.2 Å². The van der Waals surface area contributed by atoms with Crippen LogP contribution in [0.15, 0.2) is 18.2 Å². The highest BCUT2D eigenvalue weighted by atomic mass is 16.5. The lowest BCUT2D eigenvalue weighted by Crippen LogP contribution is -2.49. The van der Waals surface area contributed by atoms with E-state index in [0.717, 1.165) is 0 Å². The zero-order valence-corrected chi connectivity index (χ0v) is 11.7. The van der Waals surface area contributed by atoms with Crippen molar-refractivity contribution in [3.05, 3.63) is 23.8 Å². The highest BCUT2D eigenvalue weighted by Gasteiger charge is 2.36. The first-order valence-corrected chi connectivity index (χ1v) is 6.24. The van der Waals surface area contributed by atoms with Crippen molar-refractivity contribution in [3.8, 4) is 5.75 Å². The number of fused-ring (bicyclic) bond motifs is 1. The largest absolute Gasteiger partial charge is 0.489 e. The average Bonchev–Trinajstić information content (AvgIpc) is 2.45. The van der Waals surface area contributed by atoms with Gasteiger partial charge in [0.1, 0.15) is 17.8 Å². The fourth-order valence-corrected chi connectivity index (χ4v) is 2.04. The molecule has 0 saturated carbocycles. The van der Waals surface area contributed by atoms with Gasteiger partial charge in [-0.3, -0.25) is 4.79 Å². The summed E-state index contributed by atoms with van der Waals surface area (Å²) in [6.07, 6.45) is 0. The fourth-order valence-electron chi connectivity index (χ4n) is 2.04. The number of aromatic carboxylic acids is 1. The summed E-state index contributed by atoms with van der Waals surface area (Å²) < 4.78 is 10.6. The smallest absolute Gasteiger partial charge is 0.339 e. The highest BCUT2D eigenvalue weighted by Crippen LogP contribution is 2.36. The summed E-state index contributed by atoms with van der Waals surface area (Å²) in [7, 11) is 1.47. The molecule has 108 valence electrons. The molecule has 0 saturated heterocycles. The van der Waals surface area contributed by atoms with Gasteiger partial charge in [0.2, 0.25) is 0 Å². The lowest BCUT2D eigenvalue weighted by molar-refractivity contribution is -0.136. The van der Waals surface area contributed by atoms with E-state index in [1.54, 1.807) is 26.0 Å². The van der Waals surface area contributed by atoms with Crippen LogP contribution < -0.4 is 9.64 Å².